The topological polar surface area (TPSA) is 92.7 Å². The van der Waals surface area contributed by atoms with Crippen LogP contribution in [-0.2, 0) is 22.6 Å². The summed E-state index contributed by atoms with van der Waals surface area (Å²) in [6, 6.07) is 21.6. The van der Waals surface area contributed by atoms with Crippen molar-refractivity contribution in [1.82, 2.24) is 15.6 Å². The van der Waals surface area contributed by atoms with Crippen LogP contribution in [0, 0.1) is 5.92 Å². The summed E-state index contributed by atoms with van der Waals surface area (Å²) >= 11 is 1.68. The molecule has 1 aliphatic rings. The number of aliphatic hydroxyl groups is 1. The number of thioether (sulfide) groups is 1. The first-order valence-corrected chi connectivity index (χ1v) is 13.2. The molecule has 0 aliphatic carbocycles. The summed E-state index contributed by atoms with van der Waals surface area (Å²) in [6.45, 7) is 5.08. The molecule has 8 heteroatoms. The second-order valence-electron chi connectivity index (χ2n) is 8.76. The van der Waals surface area contributed by atoms with Crippen LogP contribution in [0.4, 0.5) is 4.79 Å². The van der Waals surface area contributed by atoms with Gasteiger partial charge in [0, 0.05) is 36.5 Å². The van der Waals surface area contributed by atoms with E-state index in [0.717, 1.165) is 33.0 Å². The first-order chi connectivity index (χ1) is 17.6. The van der Waals surface area contributed by atoms with Gasteiger partial charge in [0.15, 0.2) is 6.29 Å². The molecule has 0 saturated carbocycles. The van der Waals surface area contributed by atoms with Gasteiger partial charge in [-0.15, -0.1) is 11.8 Å². The molecule has 2 amide bonds. The molecule has 2 aromatic carbocycles. The molecule has 0 bridgehead atoms. The zero-order valence-electron chi connectivity index (χ0n) is 20.6. The van der Waals surface area contributed by atoms with Gasteiger partial charge in [0.2, 0.25) is 0 Å². The Morgan fingerprint density at radius 2 is 1.69 bits per heavy atom. The maximum atomic E-state index is 11.7. The number of ether oxygens (including phenoxy) is 2. The molecule has 36 heavy (non-hydrogen) atoms. The maximum Gasteiger partial charge on any atom is 0.315 e. The number of rotatable bonds is 9. The average Bonchev–Trinajstić information content (AvgIpc) is 2.92. The van der Waals surface area contributed by atoms with Crippen LogP contribution in [0.2, 0.25) is 0 Å². The number of amides is 2. The number of pyridine rings is 1. The summed E-state index contributed by atoms with van der Waals surface area (Å²) in [7, 11) is 0. The number of urea groups is 1. The van der Waals surface area contributed by atoms with Crippen molar-refractivity contribution in [3.05, 3.63) is 95.2 Å². The van der Waals surface area contributed by atoms with E-state index in [-0.39, 0.29) is 30.8 Å². The number of hydrogen-bond acceptors (Lipinski definition) is 6. The van der Waals surface area contributed by atoms with Gasteiger partial charge in [-0.25, -0.2) is 9.78 Å². The first kappa shape index (κ1) is 26.2. The molecule has 1 fully saturated rings. The molecule has 0 radical (unpaired) electrons. The van der Waals surface area contributed by atoms with Gasteiger partial charge in [0.25, 0.3) is 0 Å². The van der Waals surface area contributed by atoms with Gasteiger partial charge in [-0.05, 0) is 35.7 Å². The van der Waals surface area contributed by atoms with E-state index < -0.39 is 6.29 Å². The zero-order valence-corrected chi connectivity index (χ0v) is 21.4. The van der Waals surface area contributed by atoms with E-state index in [0.29, 0.717) is 13.1 Å². The number of nitrogens with zero attached hydrogens (tertiary/aromatic N) is 1. The largest absolute Gasteiger partial charge is 0.392 e. The zero-order chi connectivity index (χ0) is 25.3. The Labute approximate surface area is 216 Å². The molecule has 2 heterocycles. The van der Waals surface area contributed by atoms with E-state index in [2.05, 4.69) is 22.5 Å². The third kappa shape index (κ3) is 6.85. The van der Waals surface area contributed by atoms with Crippen molar-refractivity contribution in [1.29, 1.82) is 0 Å². The van der Waals surface area contributed by atoms with Crippen molar-refractivity contribution in [3.8, 4) is 0 Å². The van der Waals surface area contributed by atoms with Crippen LogP contribution in [0.3, 0.4) is 0 Å². The minimum absolute atomic E-state index is 0.0117. The van der Waals surface area contributed by atoms with Crippen molar-refractivity contribution < 1.29 is 19.4 Å². The predicted molar refractivity (Wildman–Crippen MR) is 140 cm³/mol. The van der Waals surface area contributed by atoms with Gasteiger partial charge in [-0.3, -0.25) is 0 Å². The molecular formula is C28H33N3O4S. The Hall–Kier alpha value is -2.91. The molecule has 4 atom stereocenters. The maximum absolute atomic E-state index is 11.7. The molecule has 1 aliphatic heterocycles. The average molecular weight is 508 g/mol. The number of nitrogens with one attached hydrogen (secondary N) is 2. The fourth-order valence-corrected chi connectivity index (χ4v) is 5.14. The molecule has 1 aromatic heterocycles. The van der Waals surface area contributed by atoms with E-state index in [1.165, 1.54) is 0 Å². The molecule has 4 rings (SSSR count). The molecule has 0 spiro atoms. The summed E-state index contributed by atoms with van der Waals surface area (Å²) in [5.74, 6) is 0.857. The highest BCUT2D eigenvalue weighted by Gasteiger charge is 2.38. The number of carbonyl (C=O) groups is 1. The molecule has 7 nitrogen and oxygen atoms in total. The van der Waals surface area contributed by atoms with Gasteiger partial charge in [-0.2, -0.15) is 0 Å². The van der Waals surface area contributed by atoms with Gasteiger partial charge in [0.05, 0.1) is 23.8 Å². The molecular weight excluding hydrogens is 474 g/mol. The van der Waals surface area contributed by atoms with Crippen LogP contribution in [0.15, 0.2) is 78.0 Å². The molecule has 3 N–H and O–H groups in total. The summed E-state index contributed by atoms with van der Waals surface area (Å²) < 4.78 is 13.0. The van der Waals surface area contributed by atoms with Crippen molar-refractivity contribution in [2.24, 2.45) is 5.92 Å². The third-order valence-electron chi connectivity index (χ3n) is 6.20. The van der Waals surface area contributed by atoms with E-state index >= 15 is 0 Å². The van der Waals surface area contributed by atoms with E-state index in [1.807, 2.05) is 73.7 Å². The second kappa shape index (κ2) is 12.9. The number of carbonyl (C=O) groups excluding carboxylic acids is 1. The molecule has 0 unspecified atom stereocenters. The smallest absolute Gasteiger partial charge is 0.315 e. The molecule has 190 valence electrons. The highest BCUT2D eigenvalue weighted by atomic mass is 32.2. The fourth-order valence-electron chi connectivity index (χ4n) is 4.11. The van der Waals surface area contributed by atoms with E-state index in [9.17, 15) is 9.90 Å². The monoisotopic (exact) mass is 507 g/mol. The van der Waals surface area contributed by atoms with Crippen LogP contribution in [-0.4, -0.2) is 34.5 Å². The highest BCUT2D eigenvalue weighted by molar-refractivity contribution is 7.99. The molecule has 3 aromatic rings. The van der Waals surface area contributed by atoms with Crippen molar-refractivity contribution in [3.63, 3.8) is 0 Å². The van der Waals surface area contributed by atoms with Crippen LogP contribution in [0.25, 0.3) is 0 Å². The van der Waals surface area contributed by atoms with Gasteiger partial charge >= 0.3 is 6.03 Å². The highest BCUT2D eigenvalue weighted by Crippen LogP contribution is 2.42. The summed E-state index contributed by atoms with van der Waals surface area (Å²) in [5.41, 5.74) is 3.85. The number of aromatic nitrogens is 1. The normalized spacial score (nSPS) is 21.6. The Balaban J connectivity index is 1.50. The number of aliphatic hydroxyl groups excluding tert-OH is 1. The Morgan fingerprint density at radius 3 is 2.36 bits per heavy atom. The summed E-state index contributed by atoms with van der Waals surface area (Å²) in [5, 5.41) is 16.0. The lowest BCUT2D eigenvalue weighted by molar-refractivity contribution is -0.268. The van der Waals surface area contributed by atoms with Crippen LogP contribution >= 0.6 is 11.8 Å². The van der Waals surface area contributed by atoms with Crippen molar-refractivity contribution >= 4 is 17.8 Å². The number of benzene rings is 2. The van der Waals surface area contributed by atoms with Gasteiger partial charge < -0.3 is 25.2 Å². The van der Waals surface area contributed by atoms with Crippen LogP contribution in [0.5, 0.6) is 0 Å². The minimum atomic E-state index is -0.525. The van der Waals surface area contributed by atoms with Crippen molar-refractivity contribution in [2.75, 3.05) is 12.3 Å². The third-order valence-corrected chi connectivity index (χ3v) is 7.23. The lowest BCUT2D eigenvalue weighted by atomic mass is 9.91. The molecule has 1 saturated heterocycles. The Bertz CT molecular complexity index is 1100. The van der Waals surface area contributed by atoms with Crippen LogP contribution < -0.4 is 10.6 Å². The van der Waals surface area contributed by atoms with Crippen LogP contribution in [0.1, 0.15) is 48.5 Å². The number of hydrogen-bond donors (Lipinski definition) is 3. The van der Waals surface area contributed by atoms with E-state index in [1.54, 1.807) is 18.0 Å². The SMILES string of the molecule is CCNC(=O)NCc1ccc([C@H]2O[C@@H](CSc3ccccn3)[C@@H](C)[C@@H](c3ccc(CO)cc3)O2)cc1. The standard InChI is InChI=1S/C28H33N3O4S/c1-3-29-28(33)31-16-20-7-13-23(14-8-20)27-34-24(18-36-25-6-4-5-15-30-25)19(2)26(35-27)22-11-9-21(17-32)10-12-22/h4-15,19,24,26-27,32H,3,16-18H2,1-2H3,(H2,29,31,33)/t19-,24+,26+,27+/m1/s1. The quantitative estimate of drug-likeness (QED) is 0.354. The second-order valence-corrected chi connectivity index (χ2v) is 9.80. The lowest BCUT2D eigenvalue weighted by Gasteiger charge is -2.41. The first-order valence-electron chi connectivity index (χ1n) is 12.2. The van der Waals surface area contributed by atoms with Gasteiger partial charge in [-0.1, -0.05) is 61.5 Å². The lowest BCUT2D eigenvalue weighted by Crippen LogP contribution is -2.38. The fraction of sp³-hybridized carbons (Fsp3) is 0.357. The Kier molecular flexibility index (Phi) is 9.35. The minimum Gasteiger partial charge on any atom is -0.392 e. The van der Waals surface area contributed by atoms with Gasteiger partial charge in [0.1, 0.15) is 0 Å². The Morgan fingerprint density at radius 1 is 0.972 bits per heavy atom. The predicted octanol–water partition coefficient (Wildman–Crippen LogP) is 4.98. The van der Waals surface area contributed by atoms with E-state index in [4.69, 9.17) is 9.47 Å². The summed E-state index contributed by atoms with van der Waals surface area (Å²) in [6.07, 6.45) is 1.05. The summed E-state index contributed by atoms with van der Waals surface area (Å²) in [4.78, 5) is 16.1. The van der Waals surface area contributed by atoms with Crippen molar-refractivity contribution in [2.45, 2.75) is 50.5 Å².